The quantitative estimate of drug-likeness (QED) is 0.822. The van der Waals surface area contributed by atoms with Gasteiger partial charge in [-0.2, -0.15) is 11.3 Å². The van der Waals surface area contributed by atoms with Crippen LogP contribution in [0, 0.1) is 6.92 Å². The van der Waals surface area contributed by atoms with Crippen molar-refractivity contribution in [2.75, 3.05) is 0 Å². The maximum absolute atomic E-state index is 5.62. The fourth-order valence-corrected chi connectivity index (χ4v) is 1.93. The van der Waals surface area contributed by atoms with Crippen LogP contribution in [0.4, 0.5) is 0 Å². The van der Waals surface area contributed by atoms with Gasteiger partial charge in [-0.15, -0.1) is 10.2 Å². The summed E-state index contributed by atoms with van der Waals surface area (Å²) in [6, 6.07) is -0.213. The number of hydrogen-bond acceptors (Lipinski definition) is 5. The maximum atomic E-state index is 5.62. The van der Waals surface area contributed by atoms with Crippen LogP contribution in [0.5, 0.6) is 0 Å². The molecule has 0 saturated carbocycles. The molecule has 0 bridgehead atoms. The van der Waals surface area contributed by atoms with Crippen molar-refractivity contribution in [2.45, 2.75) is 19.9 Å². The Morgan fingerprint density at radius 3 is 2.71 bits per heavy atom. The molecule has 0 aromatic carbocycles. The highest BCUT2D eigenvalue weighted by atomic mass is 32.1. The van der Waals surface area contributed by atoms with Gasteiger partial charge < -0.3 is 10.2 Å². The highest BCUT2D eigenvalue weighted by Gasteiger charge is 2.13. The predicted molar refractivity (Wildman–Crippen MR) is 55.0 cm³/mol. The fourth-order valence-electron chi connectivity index (χ4n) is 1.11. The normalized spacial score (nSPS) is 13.1. The Morgan fingerprint density at radius 2 is 2.21 bits per heavy atom. The molecule has 0 fully saturated rings. The van der Waals surface area contributed by atoms with Gasteiger partial charge in [0.15, 0.2) is 0 Å². The third kappa shape index (κ3) is 1.56. The lowest BCUT2D eigenvalue weighted by Crippen LogP contribution is -2.04. The summed E-state index contributed by atoms with van der Waals surface area (Å²) >= 11 is 1.62. The summed E-state index contributed by atoms with van der Waals surface area (Å²) in [6.07, 6.45) is 0. The first kappa shape index (κ1) is 9.36. The number of thiophene rings is 1. The molecule has 0 aliphatic rings. The number of nitrogens with two attached hydrogens (primary N) is 1. The second-order valence-electron chi connectivity index (χ2n) is 3.20. The summed E-state index contributed by atoms with van der Waals surface area (Å²) in [5.41, 5.74) is 7.77. The summed E-state index contributed by atoms with van der Waals surface area (Å²) in [5, 5.41) is 11.9. The van der Waals surface area contributed by atoms with Crippen molar-refractivity contribution >= 4 is 11.3 Å². The number of hydrogen-bond donors (Lipinski definition) is 1. The largest absolute Gasteiger partial charge is 0.419 e. The van der Waals surface area contributed by atoms with Gasteiger partial charge in [0.1, 0.15) is 0 Å². The van der Waals surface area contributed by atoms with Crippen LogP contribution in [0.1, 0.15) is 24.4 Å². The van der Waals surface area contributed by atoms with Gasteiger partial charge in [0.05, 0.1) is 11.6 Å². The van der Waals surface area contributed by atoms with Crippen molar-refractivity contribution in [3.05, 3.63) is 22.2 Å². The van der Waals surface area contributed by atoms with Crippen LogP contribution in [0.3, 0.4) is 0 Å². The van der Waals surface area contributed by atoms with Gasteiger partial charge in [-0.3, -0.25) is 0 Å². The molecule has 14 heavy (non-hydrogen) atoms. The number of aromatic nitrogens is 2. The smallest absolute Gasteiger partial charge is 0.248 e. The summed E-state index contributed by atoms with van der Waals surface area (Å²) < 4.78 is 5.43. The highest BCUT2D eigenvalue weighted by molar-refractivity contribution is 7.08. The van der Waals surface area contributed by atoms with Crippen LogP contribution in [-0.2, 0) is 0 Å². The van der Waals surface area contributed by atoms with E-state index in [0.717, 1.165) is 11.1 Å². The molecule has 0 amide bonds. The molecule has 2 aromatic heterocycles. The molecule has 0 aliphatic heterocycles. The SMILES string of the molecule is Cc1cscc1-c1nnc(C(C)N)o1. The first-order valence-electron chi connectivity index (χ1n) is 4.30. The molecular formula is C9H11N3OS. The first-order valence-corrected chi connectivity index (χ1v) is 5.25. The minimum Gasteiger partial charge on any atom is -0.419 e. The molecule has 0 spiro atoms. The Balaban J connectivity index is 2.39. The van der Waals surface area contributed by atoms with Crippen LogP contribution in [0.25, 0.3) is 11.5 Å². The lowest BCUT2D eigenvalue weighted by Gasteiger charge is -1.95. The van der Waals surface area contributed by atoms with Crippen LogP contribution < -0.4 is 5.73 Å². The van der Waals surface area contributed by atoms with E-state index in [9.17, 15) is 0 Å². The monoisotopic (exact) mass is 209 g/mol. The minimum absolute atomic E-state index is 0.213. The average Bonchev–Trinajstić information content (AvgIpc) is 2.71. The molecule has 1 unspecified atom stereocenters. The van der Waals surface area contributed by atoms with Crippen molar-refractivity contribution in [3.63, 3.8) is 0 Å². The Labute approximate surface area is 85.8 Å². The minimum atomic E-state index is -0.213. The molecule has 0 saturated heterocycles. The van der Waals surface area contributed by atoms with Gasteiger partial charge in [-0.1, -0.05) is 0 Å². The second-order valence-corrected chi connectivity index (χ2v) is 3.95. The summed E-state index contributed by atoms with van der Waals surface area (Å²) in [7, 11) is 0. The lowest BCUT2D eigenvalue weighted by molar-refractivity contribution is 0.473. The van der Waals surface area contributed by atoms with E-state index in [4.69, 9.17) is 10.2 Å². The maximum Gasteiger partial charge on any atom is 0.248 e. The zero-order chi connectivity index (χ0) is 10.1. The van der Waals surface area contributed by atoms with Crippen LogP contribution in [-0.4, -0.2) is 10.2 Å². The predicted octanol–water partition coefficient (Wildman–Crippen LogP) is 2.13. The van der Waals surface area contributed by atoms with Gasteiger partial charge in [0.25, 0.3) is 0 Å². The topological polar surface area (TPSA) is 64.9 Å². The number of aryl methyl sites for hydroxylation is 1. The van der Waals surface area contributed by atoms with Crippen LogP contribution in [0.2, 0.25) is 0 Å². The number of nitrogens with zero attached hydrogens (tertiary/aromatic N) is 2. The van der Waals surface area contributed by atoms with E-state index in [2.05, 4.69) is 10.2 Å². The Bertz CT molecular complexity index is 433. The molecule has 1 atom stereocenters. The fraction of sp³-hybridized carbons (Fsp3) is 0.333. The van der Waals surface area contributed by atoms with E-state index >= 15 is 0 Å². The molecule has 0 aliphatic carbocycles. The average molecular weight is 209 g/mol. The molecule has 4 nitrogen and oxygen atoms in total. The van der Waals surface area contributed by atoms with E-state index < -0.39 is 0 Å². The molecule has 2 rings (SSSR count). The Morgan fingerprint density at radius 1 is 1.43 bits per heavy atom. The third-order valence-corrected chi connectivity index (χ3v) is 2.78. The molecule has 2 heterocycles. The van der Waals surface area contributed by atoms with Gasteiger partial charge >= 0.3 is 0 Å². The molecule has 2 aromatic rings. The van der Waals surface area contributed by atoms with E-state index in [1.165, 1.54) is 0 Å². The van der Waals surface area contributed by atoms with Crippen LogP contribution in [0.15, 0.2) is 15.2 Å². The Hall–Kier alpha value is -1.20. The van der Waals surface area contributed by atoms with Gasteiger partial charge in [-0.25, -0.2) is 0 Å². The van der Waals surface area contributed by atoms with Gasteiger partial charge in [-0.05, 0) is 24.8 Å². The van der Waals surface area contributed by atoms with Crippen molar-refractivity contribution < 1.29 is 4.42 Å². The van der Waals surface area contributed by atoms with E-state index in [1.54, 1.807) is 11.3 Å². The van der Waals surface area contributed by atoms with Crippen molar-refractivity contribution in [2.24, 2.45) is 5.73 Å². The van der Waals surface area contributed by atoms with Crippen molar-refractivity contribution in [1.82, 2.24) is 10.2 Å². The van der Waals surface area contributed by atoms with Crippen molar-refractivity contribution in [3.8, 4) is 11.5 Å². The zero-order valence-corrected chi connectivity index (χ0v) is 8.84. The van der Waals surface area contributed by atoms with Gasteiger partial charge in [0, 0.05) is 5.38 Å². The van der Waals surface area contributed by atoms with Crippen molar-refractivity contribution in [1.29, 1.82) is 0 Å². The standard InChI is InChI=1S/C9H11N3OS/c1-5-3-14-4-7(5)9-12-11-8(13-9)6(2)10/h3-4,6H,10H2,1-2H3. The molecule has 2 N–H and O–H groups in total. The highest BCUT2D eigenvalue weighted by Crippen LogP contribution is 2.26. The van der Waals surface area contributed by atoms with E-state index in [-0.39, 0.29) is 6.04 Å². The summed E-state index contributed by atoms with van der Waals surface area (Å²) in [4.78, 5) is 0. The second kappa shape index (κ2) is 3.51. The lowest BCUT2D eigenvalue weighted by atomic mass is 10.2. The molecule has 5 heteroatoms. The molecule has 74 valence electrons. The zero-order valence-electron chi connectivity index (χ0n) is 8.02. The van der Waals surface area contributed by atoms with E-state index in [0.29, 0.717) is 11.8 Å². The summed E-state index contributed by atoms with van der Waals surface area (Å²) in [5.74, 6) is 1.03. The molecular weight excluding hydrogens is 198 g/mol. The molecule has 0 radical (unpaired) electrons. The summed E-state index contributed by atoms with van der Waals surface area (Å²) in [6.45, 7) is 3.83. The van der Waals surface area contributed by atoms with Crippen LogP contribution >= 0.6 is 11.3 Å². The third-order valence-electron chi connectivity index (χ3n) is 1.92. The Kier molecular flexibility index (Phi) is 2.35. The van der Waals surface area contributed by atoms with Gasteiger partial charge in [0.2, 0.25) is 11.8 Å². The first-order chi connectivity index (χ1) is 6.68. The van der Waals surface area contributed by atoms with E-state index in [1.807, 2.05) is 24.6 Å². The number of rotatable bonds is 2.